The maximum absolute atomic E-state index is 12.4. The first-order valence-electron chi connectivity index (χ1n) is 8.72. The topological polar surface area (TPSA) is 78.1 Å². The van der Waals surface area contributed by atoms with E-state index in [0.717, 1.165) is 16.1 Å². The minimum absolute atomic E-state index is 0.237. The highest BCUT2D eigenvalue weighted by atomic mass is 32.1. The third-order valence-electron chi connectivity index (χ3n) is 4.10. The molecule has 0 spiro atoms. The summed E-state index contributed by atoms with van der Waals surface area (Å²) in [6.07, 6.45) is -0.679. The highest BCUT2D eigenvalue weighted by Gasteiger charge is 2.21. The summed E-state index contributed by atoms with van der Waals surface area (Å²) in [7, 11) is 0. The molecule has 140 valence electrons. The van der Waals surface area contributed by atoms with E-state index >= 15 is 0 Å². The second-order valence-corrected chi connectivity index (χ2v) is 7.12. The minimum Gasteiger partial charge on any atom is -0.448 e. The second-order valence-electron chi connectivity index (χ2n) is 6.26. The van der Waals surface area contributed by atoms with Crippen molar-refractivity contribution < 1.29 is 13.9 Å². The van der Waals surface area contributed by atoms with E-state index in [1.165, 1.54) is 16.9 Å². The van der Waals surface area contributed by atoms with Gasteiger partial charge >= 0.3 is 5.97 Å². The number of carbonyl (C=O) groups is 1. The lowest BCUT2D eigenvalue weighted by Crippen LogP contribution is -2.10. The Balaban J connectivity index is 1.45. The Labute approximate surface area is 165 Å². The van der Waals surface area contributed by atoms with Crippen LogP contribution in [0.4, 0.5) is 0 Å². The molecule has 4 rings (SSSR count). The molecule has 1 unspecified atom stereocenters. The second kappa shape index (κ2) is 7.74. The molecule has 0 amide bonds. The molecule has 0 aliphatic carbocycles. The fourth-order valence-electron chi connectivity index (χ4n) is 2.56. The van der Waals surface area contributed by atoms with Crippen molar-refractivity contribution in [2.24, 2.45) is 0 Å². The summed E-state index contributed by atoms with van der Waals surface area (Å²) in [5, 5.41) is 10.5. The molecule has 2 heterocycles. The summed E-state index contributed by atoms with van der Waals surface area (Å²) in [5.41, 5.74) is 3.20. The largest absolute Gasteiger partial charge is 0.448 e. The number of hydrogen-bond acceptors (Lipinski definition) is 7. The molecule has 4 aromatic rings. The zero-order valence-electron chi connectivity index (χ0n) is 15.3. The molecule has 0 saturated heterocycles. The van der Waals surface area contributed by atoms with E-state index in [2.05, 4.69) is 15.2 Å². The van der Waals surface area contributed by atoms with Crippen LogP contribution in [0.25, 0.3) is 22.0 Å². The molecule has 0 radical (unpaired) electrons. The number of aromatic nitrogens is 3. The monoisotopic (exact) mass is 391 g/mol. The van der Waals surface area contributed by atoms with Gasteiger partial charge in [-0.2, -0.15) is 0 Å². The molecule has 0 saturated carbocycles. The number of ether oxygens (including phenoxy) is 1. The van der Waals surface area contributed by atoms with Gasteiger partial charge in [0.2, 0.25) is 5.89 Å². The van der Waals surface area contributed by atoms with Gasteiger partial charge in [-0.1, -0.05) is 48.0 Å². The van der Waals surface area contributed by atoms with Crippen LogP contribution in [0.3, 0.4) is 0 Å². The summed E-state index contributed by atoms with van der Waals surface area (Å²) in [4.78, 5) is 16.8. The maximum atomic E-state index is 12.4. The van der Waals surface area contributed by atoms with E-state index in [9.17, 15) is 4.79 Å². The highest BCUT2D eigenvalue weighted by Crippen LogP contribution is 2.26. The SMILES string of the molecule is Cc1ccc(-c2nc(C(=O)OC(C)c3nnc(-c4ccccc4)o3)cs2)cc1. The van der Waals surface area contributed by atoms with E-state index in [1.807, 2.05) is 61.5 Å². The van der Waals surface area contributed by atoms with Gasteiger partial charge in [0.15, 0.2) is 11.8 Å². The van der Waals surface area contributed by atoms with Crippen molar-refractivity contribution in [3.8, 4) is 22.0 Å². The quantitative estimate of drug-likeness (QED) is 0.441. The molecule has 6 nitrogen and oxygen atoms in total. The number of esters is 1. The molecule has 0 aliphatic rings. The Morgan fingerprint density at radius 1 is 1.04 bits per heavy atom. The van der Waals surface area contributed by atoms with Crippen LogP contribution in [0.15, 0.2) is 64.4 Å². The Bertz CT molecular complexity index is 1090. The fraction of sp³-hybridized carbons (Fsp3) is 0.143. The van der Waals surface area contributed by atoms with Crippen molar-refractivity contribution in [3.63, 3.8) is 0 Å². The molecule has 7 heteroatoms. The van der Waals surface area contributed by atoms with Gasteiger partial charge in [-0.3, -0.25) is 0 Å². The number of carbonyl (C=O) groups excluding carboxylic acids is 1. The Hall–Kier alpha value is -3.32. The van der Waals surface area contributed by atoms with Gasteiger partial charge in [0.05, 0.1) is 0 Å². The molecule has 1 atom stereocenters. The van der Waals surface area contributed by atoms with Crippen LogP contribution in [-0.4, -0.2) is 21.2 Å². The maximum Gasteiger partial charge on any atom is 0.358 e. The number of rotatable bonds is 5. The molecule has 0 aliphatic heterocycles. The van der Waals surface area contributed by atoms with Gasteiger partial charge in [-0.25, -0.2) is 9.78 Å². The van der Waals surface area contributed by atoms with Crippen LogP contribution < -0.4 is 0 Å². The summed E-state index contributed by atoms with van der Waals surface area (Å²) in [6, 6.07) is 17.4. The molecule has 2 aromatic carbocycles. The zero-order valence-corrected chi connectivity index (χ0v) is 16.1. The van der Waals surface area contributed by atoms with Crippen LogP contribution in [0.1, 0.15) is 35.0 Å². The third kappa shape index (κ3) is 3.84. The van der Waals surface area contributed by atoms with Crippen LogP contribution in [-0.2, 0) is 4.74 Å². The van der Waals surface area contributed by atoms with E-state index < -0.39 is 12.1 Å². The molecular formula is C21H17N3O3S. The molecular weight excluding hydrogens is 374 g/mol. The fourth-order valence-corrected chi connectivity index (χ4v) is 3.36. The lowest BCUT2D eigenvalue weighted by Gasteiger charge is -2.07. The summed E-state index contributed by atoms with van der Waals surface area (Å²) < 4.78 is 11.1. The predicted molar refractivity (Wildman–Crippen MR) is 106 cm³/mol. The van der Waals surface area contributed by atoms with Gasteiger partial charge in [0.25, 0.3) is 5.89 Å². The lowest BCUT2D eigenvalue weighted by molar-refractivity contribution is 0.0274. The molecule has 28 heavy (non-hydrogen) atoms. The first-order valence-corrected chi connectivity index (χ1v) is 9.60. The number of aryl methyl sites for hydroxylation is 1. The highest BCUT2D eigenvalue weighted by molar-refractivity contribution is 7.13. The summed E-state index contributed by atoms with van der Waals surface area (Å²) >= 11 is 1.40. The third-order valence-corrected chi connectivity index (χ3v) is 5.00. The van der Waals surface area contributed by atoms with E-state index in [-0.39, 0.29) is 11.6 Å². The van der Waals surface area contributed by atoms with Gasteiger partial charge < -0.3 is 9.15 Å². The summed E-state index contributed by atoms with van der Waals surface area (Å²) in [5.74, 6) is 0.0941. The first kappa shape index (κ1) is 18.1. The van der Waals surface area contributed by atoms with Crippen LogP contribution in [0, 0.1) is 6.92 Å². The van der Waals surface area contributed by atoms with E-state index in [1.54, 1.807) is 12.3 Å². The van der Waals surface area contributed by atoms with Gasteiger partial charge in [0, 0.05) is 16.5 Å². The molecule has 0 N–H and O–H groups in total. The Morgan fingerprint density at radius 2 is 1.79 bits per heavy atom. The van der Waals surface area contributed by atoms with Crippen molar-refractivity contribution in [2.45, 2.75) is 20.0 Å². The molecule has 0 fully saturated rings. The van der Waals surface area contributed by atoms with Gasteiger partial charge in [-0.15, -0.1) is 21.5 Å². The van der Waals surface area contributed by atoms with Gasteiger partial charge in [-0.05, 0) is 26.0 Å². The minimum atomic E-state index is -0.679. The predicted octanol–water partition coefficient (Wildman–Crippen LogP) is 5.09. The first-order chi connectivity index (χ1) is 13.6. The Kier molecular flexibility index (Phi) is 4.99. The summed E-state index contributed by atoms with van der Waals surface area (Å²) in [6.45, 7) is 3.71. The van der Waals surface area contributed by atoms with Crippen molar-refractivity contribution in [2.75, 3.05) is 0 Å². The van der Waals surface area contributed by atoms with Crippen LogP contribution in [0.5, 0.6) is 0 Å². The van der Waals surface area contributed by atoms with Crippen LogP contribution >= 0.6 is 11.3 Å². The lowest BCUT2D eigenvalue weighted by atomic mass is 10.2. The average molecular weight is 391 g/mol. The van der Waals surface area contributed by atoms with Gasteiger partial charge in [0.1, 0.15) is 5.01 Å². The average Bonchev–Trinajstić information content (AvgIpc) is 3.39. The van der Waals surface area contributed by atoms with Crippen molar-refractivity contribution >= 4 is 17.3 Å². The number of nitrogens with zero attached hydrogens (tertiary/aromatic N) is 3. The zero-order chi connectivity index (χ0) is 19.5. The smallest absolute Gasteiger partial charge is 0.358 e. The normalized spacial score (nSPS) is 11.9. The van der Waals surface area contributed by atoms with Crippen molar-refractivity contribution in [1.82, 2.24) is 15.2 Å². The van der Waals surface area contributed by atoms with Crippen molar-refractivity contribution in [1.29, 1.82) is 0 Å². The molecule has 0 bridgehead atoms. The standard InChI is InChI=1S/C21H17N3O3S/c1-13-8-10-16(11-9-13)20-22-17(12-28-20)21(25)26-14(2)18-23-24-19(27-18)15-6-4-3-5-7-15/h3-12,14H,1-2H3. The number of benzene rings is 2. The van der Waals surface area contributed by atoms with E-state index in [0.29, 0.717) is 5.89 Å². The Morgan fingerprint density at radius 3 is 2.54 bits per heavy atom. The number of hydrogen-bond donors (Lipinski definition) is 0. The number of thiazole rings is 1. The molecule has 2 aromatic heterocycles. The van der Waals surface area contributed by atoms with Crippen LogP contribution in [0.2, 0.25) is 0 Å². The van der Waals surface area contributed by atoms with E-state index in [4.69, 9.17) is 9.15 Å². The van der Waals surface area contributed by atoms with Crippen molar-refractivity contribution in [3.05, 3.63) is 77.1 Å².